The van der Waals surface area contributed by atoms with Crippen molar-refractivity contribution in [3.63, 3.8) is 0 Å². The van der Waals surface area contributed by atoms with Gasteiger partial charge in [-0.25, -0.2) is 4.68 Å². The monoisotopic (exact) mass is 381 g/mol. The molecule has 0 aliphatic heterocycles. The molecule has 1 aliphatic carbocycles. The molecule has 1 fully saturated rings. The van der Waals surface area contributed by atoms with Crippen molar-refractivity contribution in [3.05, 3.63) is 46.8 Å². The summed E-state index contributed by atoms with van der Waals surface area (Å²) in [4.78, 5) is 25.3. The fourth-order valence-corrected chi connectivity index (χ4v) is 4.20. The molecule has 1 atom stereocenters. The van der Waals surface area contributed by atoms with E-state index in [1.807, 2.05) is 13.8 Å². The number of benzene rings is 1. The van der Waals surface area contributed by atoms with Crippen molar-refractivity contribution in [2.45, 2.75) is 72.1 Å². The minimum absolute atomic E-state index is 0.0931. The Morgan fingerprint density at radius 3 is 2.39 bits per heavy atom. The molecule has 3 rings (SSSR count). The van der Waals surface area contributed by atoms with Crippen LogP contribution in [0.15, 0.2) is 24.3 Å². The van der Waals surface area contributed by atoms with Crippen LogP contribution < -0.4 is 5.32 Å². The Balaban J connectivity index is 1.73. The van der Waals surface area contributed by atoms with Gasteiger partial charge in [-0.2, -0.15) is 5.10 Å². The summed E-state index contributed by atoms with van der Waals surface area (Å²) in [5, 5.41) is 7.48. The maximum absolute atomic E-state index is 12.9. The number of hydrogen-bond acceptors (Lipinski definition) is 3. The molecule has 0 radical (unpaired) electrons. The Hall–Kier alpha value is -2.43. The molecule has 0 spiro atoms. The van der Waals surface area contributed by atoms with E-state index in [9.17, 15) is 9.59 Å². The van der Waals surface area contributed by atoms with Crippen LogP contribution in [-0.4, -0.2) is 21.6 Å². The third-order valence-electron chi connectivity index (χ3n) is 6.02. The van der Waals surface area contributed by atoms with Crippen LogP contribution in [0.25, 0.3) is 0 Å². The molecule has 1 aromatic carbocycles. The molecule has 5 nitrogen and oxygen atoms in total. The average Bonchev–Trinajstić information content (AvgIpc) is 3.02. The quantitative estimate of drug-likeness (QED) is 0.772. The lowest BCUT2D eigenvalue weighted by molar-refractivity contribution is -0.120. The third-order valence-corrected chi connectivity index (χ3v) is 6.02. The van der Waals surface area contributed by atoms with Crippen LogP contribution in [0.2, 0.25) is 0 Å². The standard InChI is InChI=1S/C23H31N3O2/c1-5-15(2)21-16(3)25-26(17(21)4)23(28)19-11-13-20(14-12-19)24-22(27)18-9-7-6-8-10-18/h11-15,18H,5-10H2,1-4H3,(H,24,27). The van der Waals surface area contributed by atoms with Gasteiger partial charge in [0.05, 0.1) is 5.69 Å². The van der Waals surface area contributed by atoms with E-state index in [1.165, 1.54) is 11.1 Å². The van der Waals surface area contributed by atoms with Gasteiger partial charge < -0.3 is 5.32 Å². The van der Waals surface area contributed by atoms with Crippen molar-refractivity contribution >= 4 is 17.5 Å². The van der Waals surface area contributed by atoms with Gasteiger partial charge in [0.25, 0.3) is 5.91 Å². The summed E-state index contributed by atoms with van der Waals surface area (Å²) in [7, 11) is 0. The Morgan fingerprint density at radius 2 is 1.79 bits per heavy atom. The highest BCUT2D eigenvalue weighted by molar-refractivity contribution is 5.97. The molecular weight excluding hydrogens is 350 g/mol. The molecule has 1 aliphatic rings. The molecule has 0 saturated heterocycles. The van der Waals surface area contributed by atoms with Gasteiger partial charge in [0.15, 0.2) is 0 Å². The van der Waals surface area contributed by atoms with Gasteiger partial charge in [-0.15, -0.1) is 0 Å². The maximum atomic E-state index is 12.9. The highest BCUT2D eigenvalue weighted by Gasteiger charge is 2.22. The number of rotatable bonds is 5. The van der Waals surface area contributed by atoms with E-state index < -0.39 is 0 Å². The minimum atomic E-state index is -0.139. The van der Waals surface area contributed by atoms with E-state index in [-0.39, 0.29) is 17.7 Å². The van der Waals surface area contributed by atoms with Gasteiger partial charge in [0.1, 0.15) is 0 Å². The van der Waals surface area contributed by atoms with Crippen molar-refractivity contribution < 1.29 is 9.59 Å². The molecule has 150 valence electrons. The number of amides is 1. The normalized spacial score (nSPS) is 16.0. The first-order chi connectivity index (χ1) is 13.4. The van der Waals surface area contributed by atoms with Crippen molar-refractivity contribution in [1.82, 2.24) is 9.78 Å². The first-order valence-electron chi connectivity index (χ1n) is 10.4. The maximum Gasteiger partial charge on any atom is 0.278 e. The zero-order chi connectivity index (χ0) is 20.3. The van der Waals surface area contributed by atoms with Crippen molar-refractivity contribution in [2.24, 2.45) is 5.92 Å². The van der Waals surface area contributed by atoms with Crippen LogP contribution in [0.5, 0.6) is 0 Å². The van der Waals surface area contributed by atoms with Crippen LogP contribution in [0.3, 0.4) is 0 Å². The fraction of sp³-hybridized carbons (Fsp3) is 0.522. The lowest BCUT2D eigenvalue weighted by atomic mass is 9.88. The first-order valence-corrected chi connectivity index (χ1v) is 10.4. The highest BCUT2D eigenvalue weighted by atomic mass is 16.2. The van der Waals surface area contributed by atoms with E-state index in [1.54, 1.807) is 24.3 Å². The summed E-state index contributed by atoms with van der Waals surface area (Å²) in [6.45, 7) is 8.22. The predicted octanol–water partition coefficient (Wildman–Crippen LogP) is 5.22. The molecular formula is C23H31N3O2. The Morgan fingerprint density at radius 1 is 1.14 bits per heavy atom. The topological polar surface area (TPSA) is 64.0 Å². The lowest BCUT2D eigenvalue weighted by Gasteiger charge is -2.20. The molecule has 0 bridgehead atoms. The summed E-state index contributed by atoms with van der Waals surface area (Å²) >= 11 is 0. The van der Waals surface area contributed by atoms with Crippen LogP contribution in [0.4, 0.5) is 5.69 Å². The van der Waals surface area contributed by atoms with Gasteiger partial charge in [0, 0.05) is 22.9 Å². The smallest absolute Gasteiger partial charge is 0.278 e. The zero-order valence-electron chi connectivity index (χ0n) is 17.4. The van der Waals surface area contributed by atoms with Crippen LogP contribution in [0, 0.1) is 19.8 Å². The highest BCUT2D eigenvalue weighted by Crippen LogP contribution is 2.27. The molecule has 1 heterocycles. The molecule has 5 heteroatoms. The molecule has 28 heavy (non-hydrogen) atoms. The Kier molecular flexibility index (Phi) is 6.32. The van der Waals surface area contributed by atoms with Gasteiger partial charge >= 0.3 is 0 Å². The molecule has 1 saturated carbocycles. The van der Waals surface area contributed by atoms with Gasteiger partial charge in [-0.1, -0.05) is 33.1 Å². The predicted molar refractivity (Wildman–Crippen MR) is 112 cm³/mol. The number of hydrogen-bond donors (Lipinski definition) is 1. The number of aryl methyl sites for hydroxylation is 1. The zero-order valence-corrected chi connectivity index (χ0v) is 17.4. The molecule has 1 amide bonds. The second-order valence-corrected chi connectivity index (χ2v) is 8.01. The van der Waals surface area contributed by atoms with E-state index >= 15 is 0 Å². The van der Waals surface area contributed by atoms with E-state index in [2.05, 4.69) is 24.3 Å². The largest absolute Gasteiger partial charge is 0.326 e. The van der Waals surface area contributed by atoms with Gasteiger partial charge in [0.2, 0.25) is 5.91 Å². The third kappa shape index (κ3) is 4.18. The van der Waals surface area contributed by atoms with Gasteiger partial charge in [-0.05, 0) is 68.9 Å². The number of nitrogens with one attached hydrogen (secondary N) is 1. The summed E-state index contributed by atoms with van der Waals surface area (Å²) in [5.74, 6) is 0.443. The van der Waals surface area contributed by atoms with Crippen molar-refractivity contribution in [1.29, 1.82) is 0 Å². The van der Waals surface area contributed by atoms with Crippen molar-refractivity contribution in [3.8, 4) is 0 Å². The molecule has 1 unspecified atom stereocenters. The Bertz CT molecular complexity index is 845. The van der Waals surface area contributed by atoms with Crippen LogP contribution in [-0.2, 0) is 4.79 Å². The van der Waals surface area contributed by atoms with E-state index in [0.717, 1.165) is 54.7 Å². The summed E-state index contributed by atoms with van der Waals surface area (Å²) in [6, 6.07) is 7.13. The SMILES string of the molecule is CCC(C)c1c(C)nn(C(=O)c2ccc(NC(=O)C3CCCCC3)cc2)c1C. The minimum Gasteiger partial charge on any atom is -0.326 e. The number of anilines is 1. The summed E-state index contributed by atoms with van der Waals surface area (Å²) < 4.78 is 1.51. The average molecular weight is 382 g/mol. The van der Waals surface area contributed by atoms with E-state index in [4.69, 9.17) is 0 Å². The van der Waals surface area contributed by atoms with Gasteiger partial charge in [-0.3, -0.25) is 9.59 Å². The molecule has 2 aromatic rings. The number of carbonyl (C=O) groups is 2. The fourth-order valence-electron chi connectivity index (χ4n) is 4.20. The first kappa shape index (κ1) is 20.3. The molecule has 1 aromatic heterocycles. The second kappa shape index (κ2) is 8.72. The number of carbonyl (C=O) groups excluding carboxylic acids is 2. The summed E-state index contributed by atoms with van der Waals surface area (Å²) in [6.07, 6.45) is 6.44. The number of nitrogens with zero attached hydrogens (tertiary/aromatic N) is 2. The van der Waals surface area contributed by atoms with Crippen molar-refractivity contribution in [2.75, 3.05) is 5.32 Å². The van der Waals surface area contributed by atoms with Crippen LogP contribution in [0.1, 0.15) is 85.6 Å². The summed E-state index contributed by atoms with van der Waals surface area (Å²) in [5.41, 5.74) is 4.29. The Labute approximate surface area is 167 Å². The number of aromatic nitrogens is 2. The lowest BCUT2D eigenvalue weighted by Crippen LogP contribution is -2.24. The molecule has 1 N–H and O–H groups in total. The van der Waals surface area contributed by atoms with Crippen LogP contribution >= 0.6 is 0 Å². The second-order valence-electron chi connectivity index (χ2n) is 8.01. The van der Waals surface area contributed by atoms with E-state index in [0.29, 0.717) is 11.5 Å².